The summed E-state index contributed by atoms with van der Waals surface area (Å²) >= 11 is 0. The smallest absolute Gasteiger partial charge is 0.143 e. The van der Waals surface area contributed by atoms with Crippen LogP contribution in [0.1, 0.15) is 123 Å². The summed E-state index contributed by atoms with van der Waals surface area (Å²) in [6.45, 7) is 17.9. The molecule has 0 radical (unpaired) electrons. The molecule has 2 N–H and O–H groups in total. The standard InChI is InChI=1S/C49H64O3/c1-43(2)31-38-37-23-24-40-45(4)27-26-41(50)46(5,39(45)25-28-48(40,7)47(37,6)30-29-44(38,3)42(51)32-43)33-52-49(34-17-11-8-12-18-34,35-19-13-9-14-20-35)36-21-15-10-16-22-36/h8-23,38-42,50-51H,24-33H2,1-7H3/t38-,39?,40+,41-,42+,44+,45-,46+,47+,48+/m0/s1. The molecule has 0 aromatic heterocycles. The minimum absolute atomic E-state index is 0.0290. The van der Waals surface area contributed by atoms with Gasteiger partial charge in [0.05, 0.1) is 18.8 Å². The van der Waals surface area contributed by atoms with Gasteiger partial charge in [0.15, 0.2) is 0 Å². The van der Waals surface area contributed by atoms with Crippen LogP contribution in [0.4, 0.5) is 0 Å². The molecule has 0 amide bonds. The molecule has 278 valence electrons. The minimum Gasteiger partial charge on any atom is -0.393 e. The summed E-state index contributed by atoms with van der Waals surface area (Å²) in [6, 6.07) is 32.1. The lowest BCUT2D eigenvalue weighted by molar-refractivity contribution is -0.227. The molecule has 1 unspecified atom stereocenters. The molecular formula is C49H64O3. The Morgan fingerprint density at radius 2 is 1.17 bits per heavy atom. The fraction of sp³-hybridized carbons (Fsp3) is 0.592. The zero-order chi connectivity index (χ0) is 36.8. The molecule has 8 rings (SSSR count). The molecule has 3 aromatic carbocycles. The zero-order valence-corrected chi connectivity index (χ0v) is 33.0. The lowest BCUT2D eigenvalue weighted by Crippen LogP contribution is -2.66. The second-order valence-electron chi connectivity index (χ2n) is 20.1. The predicted molar refractivity (Wildman–Crippen MR) is 212 cm³/mol. The van der Waals surface area contributed by atoms with Crippen molar-refractivity contribution in [3.63, 3.8) is 0 Å². The van der Waals surface area contributed by atoms with Gasteiger partial charge >= 0.3 is 0 Å². The number of ether oxygens (including phenoxy) is 1. The first-order valence-electron chi connectivity index (χ1n) is 20.5. The van der Waals surface area contributed by atoms with Gasteiger partial charge in [-0.15, -0.1) is 0 Å². The summed E-state index contributed by atoms with van der Waals surface area (Å²) in [5.41, 5.74) is 4.27. The van der Waals surface area contributed by atoms with E-state index in [0.29, 0.717) is 24.4 Å². The number of benzene rings is 3. The normalized spacial score (nSPS) is 41.1. The van der Waals surface area contributed by atoms with Crippen molar-refractivity contribution in [2.45, 2.75) is 124 Å². The van der Waals surface area contributed by atoms with Crippen LogP contribution < -0.4 is 0 Å². The highest BCUT2D eigenvalue weighted by atomic mass is 16.5. The van der Waals surface area contributed by atoms with E-state index in [4.69, 9.17) is 4.74 Å². The molecule has 5 aliphatic carbocycles. The third kappa shape index (κ3) is 5.07. The van der Waals surface area contributed by atoms with Crippen LogP contribution in [-0.4, -0.2) is 29.0 Å². The van der Waals surface area contributed by atoms with Gasteiger partial charge in [0, 0.05) is 10.8 Å². The first kappa shape index (κ1) is 36.3. The van der Waals surface area contributed by atoms with E-state index in [1.165, 1.54) is 12.8 Å². The average molecular weight is 701 g/mol. The molecule has 4 saturated carbocycles. The molecule has 5 aliphatic rings. The molecular weight excluding hydrogens is 637 g/mol. The summed E-state index contributed by atoms with van der Waals surface area (Å²) in [4.78, 5) is 0. The van der Waals surface area contributed by atoms with E-state index in [2.05, 4.69) is 146 Å². The first-order valence-corrected chi connectivity index (χ1v) is 20.5. The van der Waals surface area contributed by atoms with Crippen LogP contribution in [0, 0.1) is 50.2 Å². The first-order chi connectivity index (χ1) is 24.6. The van der Waals surface area contributed by atoms with Crippen molar-refractivity contribution in [1.82, 2.24) is 0 Å². The molecule has 3 heteroatoms. The number of aliphatic hydroxyl groups is 2. The third-order valence-corrected chi connectivity index (χ3v) is 17.0. The number of hydrogen-bond donors (Lipinski definition) is 2. The van der Waals surface area contributed by atoms with Crippen molar-refractivity contribution in [3.05, 3.63) is 119 Å². The highest BCUT2D eigenvalue weighted by Crippen LogP contribution is 2.75. The van der Waals surface area contributed by atoms with Crippen LogP contribution in [0.5, 0.6) is 0 Å². The van der Waals surface area contributed by atoms with Gasteiger partial charge in [-0.25, -0.2) is 0 Å². The van der Waals surface area contributed by atoms with Gasteiger partial charge in [0.25, 0.3) is 0 Å². The maximum absolute atomic E-state index is 12.2. The van der Waals surface area contributed by atoms with Crippen LogP contribution in [0.25, 0.3) is 0 Å². The van der Waals surface area contributed by atoms with E-state index in [-0.39, 0.29) is 33.2 Å². The van der Waals surface area contributed by atoms with E-state index >= 15 is 0 Å². The quantitative estimate of drug-likeness (QED) is 0.199. The Labute approximate surface area is 314 Å². The summed E-state index contributed by atoms with van der Waals surface area (Å²) in [5, 5.41) is 23.8. The van der Waals surface area contributed by atoms with Crippen molar-refractivity contribution in [1.29, 1.82) is 0 Å². The van der Waals surface area contributed by atoms with E-state index < -0.39 is 17.1 Å². The monoisotopic (exact) mass is 700 g/mol. The van der Waals surface area contributed by atoms with Gasteiger partial charge in [-0.1, -0.05) is 151 Å². The Balaban J connectivity index is 1.17. The molecule has 3 nitrogen and oxygen atoms in total. The fourth-order valence-electron chi connectivity index (χ4n) is 13.7. The van der Waals surface area contributed by atoms with Gasteiger partial charge in [0.1, 0.15) is 5.60 Å². The highest BCUT2D eigenvalue weighted by molar-refractivity contribution is 5.47. The molecule has 52 heavy (non-hydrogen) atoms. The van der Waals surface area contributed by atoms with Crippen molar-refractivity contribution < 1.29 is 14.9 Å². The van der Waals surface area contributed by atoms with E-state index in [9.17, 15) is 10.2 Å². The van der Waals surface area contributed by atoms with Gasteiger partial charge in [-0.3, -0.25) is 0 Å². The number of allylic oxidation sites excluding steroid dienone is 2. The van der Waals surface area contributed by atoms with Crippen molar-refractivity contribution in [2.24, 2.45) is 50.2 Å². The molecule has 10 atom stereocenters. The third-order valence-electron chi connectivity index (χ3n) is 17.0. The SMILES string of the molecule is CC1(C)C[C@@H](O)[C@]2(C)CC[C@]3(C)C(=CC[C@@H]4[C@@]5(C)CC[C@H](O)[C@](C)(COC(c6ccccc6)(c6ccccc6)c6ccccc6)C5CC[C@]43C)[C@@H]2C1. The van der Waals surface area contributed by atoms with Crippen molar-refractivity contribution in [2.75, 3.05) is 6.61 Å². The largest absolute Gasteiger partial charge is 0.393 e. The van der Waals surface area contributed by atoms with Crippen LogP contribution in [0.15, 0.2) is 103 Å². The molecule has 4 fully saturated rings. The molecule has 0 spiro atoms. The van der Waals surface area contributed by atoms with Crippen LogP contribution >= 0.6 is 0 Å². The number of aliphatic hydroxyl groups excluding tert-OH is 2. The predicted octanol–water partition coefficient (Wildman–Crippen LogP) is 11.1. The summed E-state index contributed by atoms with van der Waals surface area (Å²) in [7, 11) is 0. The number of rotatable bonds is 6. The van der Waals surface area contributed by atoms with Crippen molar-refractivity contribution in [3.8, 4) is 0 Å². The summed E-state index contributed by atoms with van der Waals surface area (Å²) < 4.78 is 7.57. The Kier molecular flexibility index (Phi) is 8.65. The highest BCUT2D eigenvalue weighted by Gasteiger charge is 2.69. The number of hydrogen-bond acceptors (Lipinski definition) is 3. The van der Waals surface area contributed by atoms with Gasteiger partial charge in [-0.05, 0) is 114 Å². The molecule has 0 saturated heterocycles. The lowest BCUT2D eigenvalue weighted by atomic mass is 9.33. The van der Waals surface area contributed by atoms with Gasteiger partial charge in [-0.2, -0.15) is 0 Å². The maximum Gasteiger partial charge on any atom is 0.143 e. The maximum atomic E-state index is 12.2. The lowest BCUT2D eigenvalue weighted by Gasteiger charge is -2.71. The fourth-order valence-corrected chi connectivity index (χ4v) is 13.7. The molecule has 0 aliphatic heterocycles. The van der Waals surface area contributed by atoms with E-state index in [1.54, 1.807) is 5.57 Å². The molecule has 0 heterocycles. The Hall–Kier alpha value is -2.72. The topological polar surface area (TPSA) is 49.7 Å². The van der Waals surface area contributed by atoms with Crippen LogP contribution in [0.2, 0.25) is 0 Å². The Morgan fingerprint density at radius 1 is 0.615 bits per heavy atom. The van der Waals surface area contributed by atoms with E-state index in [0.717, 1.165) is 61.6 Å². The molecule has 0 bridgehead atoms. The zero-order valence-electron chi connectivity index (χ0n) is 33.0. The number of fused-ring (bicyclic) bond motifs is 7. The second kappa shape index (κ2) is 12.4. The summed E-state index contributed by atoms with van der Waals surface area (Å²) in [5.74, 6) is 1.32. The van der Waals surface area contributed by atoms with Crippen LogP contribution in [0.3, 0.4) is 0 Å². The van der Waals surface area contributed by atoms with E-state index in [1.807, 2.05) is 0 Å². The molecule has 3 aromatic rings. The van der Waals surface area contributed by atoms with Gasteiger partial charge < -0.3 is 14.9 Å². The minimum atomic E-state index is -0.813. The van der Waals surface area contributed by atoms with Crippen molar-refractivity contribution >= 4 is 0 Å². The van der Waals surface area contributed by atoms with Crippen LogP contribution in [-0.2, 0) is 10.3 Å². The Bertz CT molecular complexity index is 1690. The average Bonchev–Trinajstić information content (AvgIpc) is 3.13. The summed E-state index contributed by atoms with van der Waals surface area (Å²) in [6.07, 6.45) is 11.6. The Morgan fingerprint density at radius 3 is 1.73 bits per heavy atom. The second-order valence-corrected chi connectivity index (χ2v) is 20.1. The van der Waals surface area contributed by atoms with Gasteiger partial charge in [0.2, 0.25) is 0 Å².